The molecule has 5 heteroatoms. The summed E-state index contributed by atoms with van der Waals surface area (Å²) in [6.07, 6.45) is 1.17. The number of likely N-dealkylation sites (tertiary alicyclic amines) is 2. The Kier molecular flexibility index (Phi) is 4.87. The smallest absolute Gasteiger partial charge is 0.254 e. The maximum atomic E-state index is 13.0. The molecular weight excluding hydrogens is 292 g/mol. The molecular formula is C18H26N2O3. The Bertz CT molecular complexity index is 546. The van der Waals surface area contributed by atoms with Gasteiger partial charge in [0, 0.05) is 38.2 Å². The number of ether oxygens (including phenoxy) is 2. The van der Waals surface area contributed by atoms with Crippen molar-refractivity contribution >= 4 is 5.91 Å². The molecule has 0 bridgehead atoms. The summed E-state index contributed by atoms with van der Waals surface area (Å²) in [5, 5.41) is 0. The van der Waals surface area contributed by atoms with E-state index in [1.54, 1.807) is 14.2 Å². The van der Waals surface area contributed by atoms with Crippen LogP contribution in [-0.4, -0.2) is 68.3 Å². The molecule has 0 saturated carbocycles. The van der Waals surface area contributed by atoms with Crippen LogP contribution in [0.25, 0.3) is 0 Å². The number of likely N-dealkylation sites (N-methyl/N-ethyl adjacent to an activating group) is 1. The lowest BCUT2D eigenvalue weighted by Gasteiger charge is -2.41. The normalized spacial score (nSPS) is 27.8. The Hall–Kier alpha value is -1.59. The van der Waals surface area contributed by atoms with Crippen LogP contribution in [0, 0.1) is 5.92 Å². The molecule has 2 heterocycles. The highest BCUT2D eigenvalue weighted by molar-refractivity contribution is 5.94. The summed E-state index contributed by atoms with van der Waals surface area (Å²) < 4.78 is 10.9. The van der Waals surface area contributed by atoms with Crippen LogP contribution in [0.3, 0.4) is 0 Å². The Morgan fingerprint density at radius 2 is 1.96 bits per heavy atom. The van der Waals surface area contributed by atoms with Crippen molar-refractivity contribution < 1.29 is 14.3 Å². The standard InChI is InChI=1S/C18H26N2O3/c1-4-19-11-15-16(12-19)20(10-9-17(15)23-3)18(21)13-5-7-14(22-2)8-6-13/h5-8,15-17H,4,9-12H2,1-3H3/t15-,16+,17+/m1/s1. The summed E-state index contributed by atoms with van der Waals surface area (Å²) in [5.74, 6) is 1.31. The molecule has 2 saturated heterocycles. The number of methoxy groups -OCH3 is 2. The second kappa shape index (κ2) is 6.89. The number of rotatable bonds is 4. The third-order valence-electron chi connectivity index (χ3n) is 5.29. The molecule has 3 atom stereocenters. The molecule has 1 amide bonds. The van der Waals surface area contributed by atoms with E-state index in [0.29, 0.717) is 5.92 Å². The molecule has 0 spiro atoms. The van der Waals surface area contributed by atoms with Gasteiger partial charge < -0.3 is 19.3 Å². The van der Waals surface area contributed by atoms with Crippen molar-refractivity contribution in [1.82, 2.24) is 9.80 Å². The van der Waals surface area contributed by atoms with E-state index in [4.69, 9.17) is 9.47 Å². The van der Waals surface area contributed by atoms with E-state index in [1.807, 2.05) is 24.3 Å². The number of fused-ring (bicyclic) bond motifs is 1. The highest BCUT2D eigenvalue weighted by atomic mass is 16.5. The first kappa shape index (κ1) is 16.3. The maximum absolute atomic E-state index is 13.0. The van der Waals surface area contributed by atoms with Gasteiger partial charge in [0.15, 0.2) is 0 Å². The molecule has 2 aliphatic heterocycles. The maximum Gasteiger partial charge on any atom is 0.254 e. The third-order valence-corrected chi connectivity index (χ3v) is 5.29. The van der Waals surface area contributed by atoms with Crippen LogP contribution >= 0.6 is 0 Å². The molecule has 2 aliphatic rings. The number of carbonyl (C=O) groups is 1. The summed E-state index contributed by atoms with van der Waals surface area (Å²) in [4.78, 5) is 17.4. The fourth-order valence-electron chi connectivity index (χ4n) is 3.94. The predicted octanol–water partition coefficient (Wildman–Crippen LogP) is 1.88. The van der Waals surface area contributed by atoms with Gasteiger partial charge in [-0.15, -0.1) is 0 Å². The third kappa shape index (κ3) is 3.08. The Balaban J connectivity index is 1.79. The topological polar surface area (TPSA) is 42.0 Å². The van der Waals surface area contributed by atoms with E-state index >= 15 is 0 Å². The molecule has 126 valence electrons. The van der Waals surface area contributed by atoms with Crippen LogP contribution in [0.5, 0.6) is 5.75 Å². The molecule has 0 aliphatic carbocycles. The number of hydrogen-bond acceptors (Lipinski definition) is 4. The summed E-state index contributed by atoms with van der Waals surface area (Å²) in [5.41, 5.74) is 0.732. The molecule has 0 aromatic heterocycles. The van der Waals surface area contributed by atoms with Gasteiger partial charge in [0.25, 0.3) is 5.91 Å². The van der Waals surface area contributed by atoms with Crippen LogP contribution in [0.2, 0.25) is 0 Å². The number of benzene rings is 1. The van der Waals surface area contributed by atoms with Gasteiger partial charge in [-0.05, 0) is 37.2 Å². The molecule has 0 radical (unpaired) electrons. The molecule has 2 fully saturated rings. The zero-order valence-corrected chi connectivity index (χ0v) is 14.2. The number of carbonyl (C=O) groups excluding carboxylic acids is 1. The molecule has 1 aromatic rings. The fraction of sp³-hybridized carbons (Fsp3) is 0.611. The van der Waals surface area contributed by atoms with Gasteiger partial charge in [0.05, 0.1) is 19.3 Å². The van der Waals surface area contributed by atoms with Crippen LogP contribution in [0.4, 0.5) is 0 Å². The summed E-state index contributed by atoms with van der Waals surface area (Å²) in [7, 11) is 3.42. The molecule has 23 heavy (non-hydrogen) atoms. The minimum atomic E-state index is 0.121. The summed E-state index contributed by atoms with van der Waals surface area (Å²) in [6.45, 7) is 5.93. The van der Waals surface area contributed by atoms with E-state index in [1.165, 1.54) is 0 Å². The predicted molar refractivity (Wildman–Crippen MR) is 88.8 cm³/mol. The number of hydrogen-bond donors (Lipinski definition) is 0. The Morgan fingerprint density at radius 3 is 2.57 bits per heavy atom. The van der Waals surface area contributed by atoms with Gasteiger partial charge >= 0.3 is 0 Å². The van der Waals surface area contributed by atoms with Crippen molar-refractivity contribution in [2.75, 3.05) is 40.4 Å². The number of piperidine rings is 1. The minimum Gasteiger partial charge on any atom is -0.497 e. The quantitative estimate of drug-likeness (QED) is 0.850. The second-order valence-corrected chi connectivity index (χ2v) is 6.37. The van der Waals surface area contributed by atoms with Crippen molar-refractivity contribution in [1.29, 1.82) is 0 Å². The van der Waals surface area contributed by atoms with Gasteiger partial charge in [-0.2, -0.15) is 0 Å². The Morgan fingerprint density at radius 1 is 1.22 bits per heavy atom. The van der Waals surface area contributed by atoms with Crippen molar-refractivity contribution in [2.45, 2.75) is 25.5 Å². The lowest BCUT2D eigenvalue weighted by Crippen LogP contribution is -2.53. The van der Waals surface area contributed by atoms with E-state index in [9.17, 15) is 4.79 Å². The SMILES string of the molecule is CCN1C[C@H]2[C@@H](OC)CCN(C(=O)c3ccc(OC)cc3)[C@H]2C1. The first-order valence-corrected chi connectivity index (χ1v) is 8.38. The van der Waals surface area contributed by atoms with Gasteiger partial charge in [0.1, 0.15) is 5.75 Å². The van der Waals surface area contributed by atoms with Gasteiger partial charge in [-0.3, -0.25) is 4.79 Å². The van der Waals surface area contributed by atoms with Crippen LogP contribution < -0.4 is 4.74 Å². The molecule has 1 aromatic carbocycles. The molecule has 0 unspecified atom stereocenters. The van der Waals surface area contributed by atoms with E-state index < -0.39 is 0 Å². The van der Waals surface area contributed by atoms with Gasteiger partial charge in [0.2, 0.25) is 0 Å². The average Bonchev–Trinajstić information content (AvgIpc) is 3.04. The first-order chi connectivity index (χ1) is 11.2. The zero-order chi connectivity index (χ0) is 16.4. The molecule has 0 N–H and O–H groups in total. The average molecular weight is 318 g/mol. The highest BCUT2D eigenvalue weighted by Gasteiger charge is 2.45. The zero-order valence-electron chi connectivity index (χ0n) is 14.2. The highest BCUT2D eigenvalue weighted by Crippen LogP contribution is 2.33. The largest absolute Gasteiger partial charge is 0.497 e. The second-order valence-electron chi connectivity index (χ2n) is 6.37. The van der Waals surface area contributed by atoms with Crippen molar-refractivity contribution in [3.8, 4) is 5.75 Å². The first-order valence-electron chi connectivity index (χ1n) is 8.38. The van der Waals surface area contributed by atoms with Gasteiger partial charge in [-0.1, -0.05) is 6.92 Å². The fourth-order valence-corrected chi connectivity index (χ4v) is 3.94. The van der Waals surface area contributed by atoms with E-state index in [0.717, 1.165) is 43.9 Å². The van der Waals surface area contributed by atoms with Crippen molar-refractivity contribution in [3.63, 3.8) is 0 Å². The van der Waals surface area contributed by atoms with Crippen molar-refractivity contribution in [3.05, 3.63) is 29.8 Å². The van der Waals surface area contributed by atoms with Crippen LogP contribution in [0.1, 0.15) is 23.7 Å². The lowest BCUT2D eigenvalue weighted by atomic mass is 9.88. The molecule has 3 rings (SSSR count). The van der Waals surface area contributed by atoms with Gasteiger partial charge in [-0.25, -0.2) is 0 Å². The summed E-state index contributed by atoms with van der Waals surface area (Å²) in [6, 6.07) is 7.65. The molecule has 5 nitrogen and oxygen atoms in total. The van der Waals surface area contributed by atoms with E-state index in [-0.39, 0.29) is 18.1 Å². The summed E-state index contributed by atoms with van der Waals surface area (Å²) >= 11 is 0. The number of amides is 1. The minimum absolute atomic E-state index is 0.121. The Labute approximate surface area is 138 Å². The van der Waals surface area contributed by atoms with Crippen LogP contribution in [-0.2, 0) is 4.74 Å². The monoisotopic (exact) mass is 318 g/mol. The van der Waals surface area contributed by atoms with Crippen LogP contribution in [0.15, 0.2) is 24.3 Å². The van der Waals surface area contributed by atoms with Crippen molar-refractivity contribution in [2.24, 2.45) is 5.92 Å². The number of nitrogens with zero attached hydrogens (tertiary/aromatic N) is 2. The van der Waals surface area contributed by atoms with E-state index in [2.05, 4.69) is 16.7 Å². The lowest BCUT2D eigenvalue weighted by molar-refractivity contribution is -0.0156.